The van der Waals surface area contributed by atoms with Crippen molar-refractivity contribution < 1.29 is 9.53 Å². The Kier molecular flexibility index (Phi) is 5.37. The lowest BCUT2D eigenvalue weighted by Gasteiger charge is -2.28. The van der Waals surface area contributed by atoms with Crippen LogP contribution in [-0.4, -0.2) is 43.0 Å². The van der Waals surface area contributed by atoms with Crippen LogP contribution in [0, 0.1) is 0 Å². The summed E-state index contributed by atoms with van der Waals surface area (Å²) < 4.78 is 5.40. The first-order valence-electron chi connectivity index (χ1n) is 10.1. The molecular formula is C22H22N4O2S2. The predicted molar refractivity (Wildman–Crippen MR) is 122 cm³/mol. The molecule has 8 heteroatoms. The molecule has 0 bridgehead atoms. The normalized spacial score (nSPS) is 15.8. The summed E-state index contributed by atoms with van der Waals surface area (Å²) in [6.07, 6.45) is 2.94. The largest absolute Gasteiger partial charge is 0.378 e. The molecule has 1 amide bonds. The van der Waals surface area contributed by atoms with Crippen molar-refractivity contribution in [2.45, 2.75) is 19.9 Å². The number of aliphatic imine (C=N–C) groups is 1. The van der Waals surface area contributed by atoms with Gasteiger partial charge in [0.25, 0.3) is 5.91 Å². The van der Waals surface area contributed by atoms with E-state index in [4.69, 9.17) is 4.74 Å². The number of thiazole rings is 1. The van der Waals surface area contributed by atoms with E-state index < -0.39 is 0 Å². The molecule has 0 atom stereocenters. The molecule has 6 nitrogen and oxygen atoms in total. The number of morpholine rings is 1. The summed E-state index contributed by atoms with van der Waals surface area (Å²) in [5.41, 5.74) is 2.90. The number of nitrogens with one attached hydrogen (secondary N) is 1. The Hall–Kier alpha value is -2.55. The van der Waals surface area contributed by atoms with Crippen LogP contribution in [0.25, 0.3) is 9.88 Å². The number of rotatable bonds is 4. The van der Waals surface area contributed by atoms with Crippen LogP contribution in [0.15, 0.2) is 41.5 Å². The number of carbonyl (C=O) groups excluding carboxylic acids is 1. The first-order chi connectivity index (χ1) is 14.7. The van der Waals surface area contributed by atoms with E-state index in [1.807, 2.05) is 30.5 Å². The van der Waals surface area contributed by atoms with E-state index >= 15 is 0 Å². The number of aryl methyl sites for hydroxylation is 1. The van der Waals surface area contributed by atoms with E-state index in [0.29, 0.717) is 17.9 Å². The average molecular weight is 439 g/mol. The Bertz CT molecular complexity index is 1090. The number of aromatic nitrogens is 1. The van der Waals surface area contributed by atoms with Gasteiger partial charge in [-0.05, 0) is 42.3 Å². The Morgan fingerprint density at radius 3 is 2.73 bits per heavy atom. The van der Waals surface area contributed by atoms with E-state index in [1.54, 1.807) is 22.7 Å². The van der Waals surface area contributed by atoms with Gasteiger partial charge in [0.15, 0.2) is 0 Å². The van der Waals surface area contributed by atoms with Crippen molar-refractivity contribution in [1.82, 2.24) is 10.3 Å². The number of thiophene rings is 1. The minimum absolute atomic E-state index is 0.132. The molecule has 0 spiro atoms. The van der Waals surface area contributed by atoms with Gasteiger partial charge in [-0.3, -0.25) is 9.79 Å². The number of amidine groups is 1. The topological polar surface area (TPSA) is 66.8 Å². The zero-order valence-electron chi connectivity index (χ0n) is 16.7. The fraction of sp³-hybridized carbons (Fsp3) is 0.318. The lowest BCUT2D eigenvalue weighted by atomic mass is 10.1. The van der Waals surface area contributed by atoms with Crippen molar-refractivity contribution >= 4 is 40.1 Å². The molecule has 0 radical (unpaired) electrons. The van der Waals surface area contributed by atoms with Gasteiger partial charge < -0.3 is 15.0 Å². The van der Waals surface area contributed by atoms with Crippen molar-refractivity contribution in [3.63, 3.8) is 0 Å². The summed E-state index contributed by atoms with van der Waals surface area (Å²) in [6.45, 7) is 5.99. The van der Waals surface area contributed by atoms with E-state index in [1.165, 1.54) is 4.88 Å². The molecule has 154 valence electrons. The zero-order chi connectivity index (χ0) is 20.5. The van der Waals surface area contributed by atoms with Crippen molar-refractivity contribution in [3.8, 4) is 9.88 Å². The van der Waals surface area contributed by atoms with Crippen LogP contribution in [0.4, 0.5) is 5.69 Å². The van der Waals surface area contributed by atoms with Gasteiger partial charge in [0.2, 0.25) is 0 Å². The van der Waals surface area contributed by atoms with Crippen LogP contribution in [0.2, 0.25) is 0 Å². The third-order valence-corrected chi connectivity index (χ3v) is 7.78. The molecule has 2 aliphatic rings. The molecule has 3 aromatic rings. The second kappa shape index (κ2) is 8.29. The molecule has 5 rings (SSSR count). The van der Waals surface area contributed by atoms with Crippen LogP contribution in [0.1, 0.15) is 32.6 Å². The van der Waals surface area contributed by atoms with E-state index in [2.05, 4.69) is 33.2 Å². The SMILES string of the molecule is CCc1cnc(-c2cc3c(s2)C(NC(=O)c2ccc(N4CCOCC4)cc2)=NC3)s1. The quantitative estimate of drug-likeness (QED) is 0.670. The van der Waals surface area contributed by atoms with Crippen LogP contribution in [0.3, 0.4) is 0 Å². The fourth-order valence-electron chi connectivity index (χ4n) is 3.59. The Morgan fingerprint density at radius 2 is 2.00 bits per heavy atom. The van der Waals surface area contributed by atoms with Gasteiger partial charge >= 0.3 is 0 Å². The van der Waals surface area contributed by atoms with E-state index in [9.17, 15) is 4.79 Å². The highest BCUT2D eigenvalue weighted by molar-refractivity contribution is 7.23. The first-order valence-corrected chi connectivity index (χ1v) is 11.7. The van der Waals surface area contributed by atoms with E-state index in [0.717, 1.165) is 58.7 Å². The highest BCUT2D eigenvalue weighted by Gasteiger charge is 2.23. The maximum atomic E-state index is 12.8. The second-order valence-electron chi connectivity index (χ2n) is 7.22. The standard InChI is InChI=1S/C22H22N4O2S2/c1-2-17-13-24-22(29-17)18-11-15-12-23-20(19(15)30-18)25-21(27)14-3-5-16(6-4-14)26-7-9-28-10-8-26/h3-6,11,13H,2,7-10,12H2,1H3,(H,23,25,27). The second-order valence-corrected chi connectivity index (χ2v) is 9.38. The number of hydrogen-bond acceptors (Lipinski definition) is 7. The molecule has 1 N–H and O–H groups in total. The molecule has 4 heterocycles. The maximum Gasteiger partial charge on any atom is 0.256 e. The monoisotopic (exact) mass is 438 g/mol. The van der Waals surface area contributed by atoms with Crippen LogP contribution >= 0.6 is 22.7 Å². The highest BCUT2D eigenvalue weighted by Crippen LogP contribution is 2.36. The zero-order valence-corrected chi connectivity index (χ0v) is 18.3. The molecule has 0 aliphatic carbocycles. The smallest absolute Gasteiger partial charge is 0.256 e. The summed E-state index contributed by atoms with van der Waals surface area (Å²) in [7, 11) is 0. The summed E-state index contributed by atoms with van der Waals surface area (Å²) in [4.78, 5) is 27.6. The van der Waals surface area contributed by atoms with Gasteiger partial charge in [0.1, 0.15) is 10.8 Å². The number of carbonyl (C=O) groups is 1. The van der Waals surface area contributed by atoms with Gasteiger partial charge in [-0.15, -0.1) is 22.7 Å². The summed E-state index contributed by atoms with van der Waals surface area (Å²) >= 11 is 3.38. The molecule has 2 aliphatic heterocycles. The molecule has 1 fully saturated rings. The number of amides is 1. The van der Waals surface area contributed by atoms with Gasteiger partial charge in [0, 0.05) is 35.4 Å². The van der Waals surface area contributed by atoms with Gasteiger partial charge in [0.05, 0.1) is 29.5 Å². The average Bonchev–Trinajstić information content (AvgIpc) is 3.51. The van der Waals surface area contributed by atoms with Crippen molar-refractivity contribution in [2.75, 3.05) is 31.2 Å². The molecular weight excluding hydrogens is 416 g/mol. The Morgan fingerprint density at radius 1 is 1.20 bits per heavy atom. The molecule has 1 saturated heterocycles. The third-order valence-electron chi connectivity index (χ3n) is 5.28. The van der Waals surface area contributed by atoms with Crippen molar-refractivity contribution in [3.05, 3.63) is 57.4 Å². The molecule has 2 aromatic heterocycles. The minimum atomic E-state index is -0.132. The van der Waals surface area contributed by atoms with Crippen LogP contribution in [-0.2, 0) is 17.7 Å². The molecule has 0 unspecified atom stereocenters. The molecule has 0 saturated carbocycles. The van der Waals surface area contributed by atoms with E-state index in [-0.39, 0.29) is 5.91 Å². The summed E-state index contributed by atoms with van der Waals surface area (Å²) in [5.74, 6) is 0.531. The summed E-state index contributed by atoms with van der Waals surface area (Å²) in [6, 6.07) is 9.90. The lowest BCUT2D eigenvalue weighted by Crippen LogP contribution is -2.36. The number of nitrogens with zero attached hydrogens (tertiary/aromatic N) is 3. The fourth-order valence-corrected chi connectivity index (χ4v) is 5.64. The molecule has 1 aromatic carbocycles. The Labute approximate surface area is 183 Å². The number of anilines is 1. The maximum absolute atomic E-state index is 12.8. The number of fused-ring (bicyclic) bond motifs is 1. The van der Waals surface area contributed by atoms with Gasteiger partial charge in [-0.1, -0.05) is 6.92 Å². The van der Waals surface area contributed by atoms with Crippen LogP contribution in [0.5, 0.6) is 0 Å². The van der Waals surface area contributed by atoms with Gasteiger partial charge in [-0.25, -0.2) is 4.98 Å². The third kappa shape index (κ3) is 3.78. The van der Waals surface area contributed by atoms with Crippen molar-refractivity contribution in [1.29, 1.82) is 0 Å². The minimum Gasteiger partial charge on any atom is -0.378 e. The van der Waals surface area contributed by atoms with Crippen LogP contribution < -0.4 is 10.2 Å². The predicted octanol–water partition coefficient (Wildman–Crippen LogP) is 3.96. The lowest BCUT2D eigenvalue weighted by molar-refractivity contribution is 0.0977. The Balaban J connectivity index is 1.28. The summed E-state index contributed by atoms with van der Waals surface area (Å²) in [5, 5.41) is 4.04. The first kappa shape index (κ1) is 19.4. The van der Waals surface area contributed by atoms with Crippen molar-refractivity contribution in [2.24, 2.45) is 4.99 Å². The number of hydrogen-bond donors (Lipinski definition) is 1. The number of benzene rings is 1. The number of ether oxygens (including phenoxy) is 1. The molecule has 30 heavy (non-hydrogen) atoms. The highest BCUT2D eigenvalue weighted by atomic mass is 32.1. The van der Waals surface area contributed by atoms with Gasteiger partial charge in [-0.2, -0.15) is 0 Å².